The van der Waals surface area contributed by atoms with Crippen LogP contribution in [0.4, 0.5) is 10.5 Å². The summed E-state index contributed by atoms with van der Waals surface area (Å²) in [5.41, 5.74) is 5.81. The fourth-order valence-corrected chi connectivity index (χ4v) is 5.85. The molecule has 5 rings (SSSR count). The Morgan fingerprint density at radius 3 is 2.34 bits per heavy atom. The minimum atomic E-state index is -0.992. The molecule has 1 atom stereocenters. The van der Waals surface area contributed by atoms with Crippen LogP contribution in [0.1, 0.15) is 22.6 Å². The molecule has 8 heteroatoms. The minimum Gasteiger partial charge on any atom is -0.480 e. The second-order valence-corrected chi connectivity index (χ2v) is 9.54. The molecule has 1 unspecified atom stereocenters. The summed E-state index contributed by atoms with van der Waals surface area (Å²) < 4.78 is 5.59. The number of carbonyl (C=O) groups is 3. The van der Waals surface area contributed by atoms with E-state index in [4.69, 9.17) is 4.74 Å². The van der Waals surface area contributed by atoms with Gasteiger partial charge in [0.15, 0.2) is 0 Å². The molecule has 1 aliphatic heterocycles. The van der Waals surface area contributed by atoms with Crippen molar-refractivity contribution in [2.24, 2.45) is 0 Å². The van der Waals surface area contributed by atoms with Crippen LogP contribution in [0.25, 0.3) is 11.1 Å². The molecule has 1 fully saturated rings. The molecule has 3 aromatic carbocycles. The lowest BCUT2D eigenvalue weighted by molar-refractivity contribution is -0.147. The molecular weight excluding hydrogens is 464 g/mol. The van der Waals surface area contributed by atoms with Crippen LogP contribution < -0.4 is 5.32 Å². The Bertz CT molecular complexity index is 1250. The summed E-state index contributed by atoms with van der Waals surface area (Å²) in [6.07, 6.45) is -0.512. The second-order valence-electron chi connectivity index (χ2n) is 8.55. The van der Waals surface area contributed by atoms with Gasteiger partial charge in [0.25, 0.3) is 0 Å². The third kappa shape index (κ3) is 4.74. The van der Waals surface area contributed by atoms with Crippen molar-refractivity contribution in [3.63, 3.8) is 0 Å². The summed E-state index contributed by atoms with van der Waals surface area (Å²) in [5, 5.41) is 12.1. The van der Waals surface area contributed by atoms with Crippen LogP contribution in [0.3, 0.4) is 0 Å². The maximum absolute atomic E-state index is 12.7. The van der Waals surface area contributed by atoms with Crippen LogP contribution in [0.15, 0.2) is 72.8 Å². The Morgan fingerprint density at radius 2 is 1.66 bits per heavy atom. The molecule has 0 saturated carbocycles. The first-order chi connectivity index (χ1) is 17.0. The highest BCUT2D eigenvalue weighted by molar-refractivity contribution is 7.99. The van der Waals surface area contributed by atoms with Crippen molar-refractivity contribution in [2.75, 3.05) is 23.6 Å². The van der Waals surface area contributed by atoms with Crippen molar-refractivity contribution in [1.29, 1.82) is 0 Å². The summed E-state index contributed by atoms with van der Waals surface area (Å²) in [4.78, 5) is 38.0. The lowest BCUT2D eigenvalue weighted by Crippen LogP contribution is -2.42. The Hall–Kier alpha value is -3.78. The van der Waals surface area contributed by atoms with E-state index in [1.54, 1.807) is 24.3 Å². The van der Waals surface area contributed by atoms with E-state index < -0.39 is 18.1 Å². The first-order valence-electron chi connectivity index (χ1n) is 11.3. The normalized spacial score (nSPS) is 16.5. The molecule has 1 saturated heterocycles. The number of carbonyl (C=O) groups excluding carboxylic acids is 2. The Labute approximate surface area is 207 Å². The number of rotatable bonds is 6. The lowest BCUT2D eigenvalue weighted by Gasteiger charge is -2.20. The van der Waals surface area contributed by atoms with E-state index in [1.807, 2.05) is 24.3 Å². The highest BCUT2D eigenvalue weighted by Crippen LogP contribution is 2.44. The fraction of sp³-hybridized carbons (Fsp3) is 0.222. The van der Waals surface area contributed by atoms with Gasteiger partial charge in [-0.05, 0) is 39.9 Å². The summed E-state index contributed by atoms with van der Waals surface area (Å²) >= 11 is 1.43. The monoisotopic (exact) mass is 488 g/mol. The van der Waals surface area contributed by atoms with Gasteiger partial charge in [-0.15, -0.1) is 11.8 Å². The summed E-state index contributed by atoms with van der Waals surface area (Å²) in [6, 6.07) is 22.4. The quantitative estimate of drug-likeness (QED) is 0.528. The number of amides is 2. The zero-order valence-corrected chi connectivity index (χ0v) is 19.7. The molecule has 0 radical (unpaired) electrons. The van der Waals surface area contributed by atoms with E-state index in [0.717, 1.165) is 22.3 Å². The summed E-state index contributed by atoms with van der Waals surface area (Å²) in [6.45, 7) is 0.210. The molecular formula is C27H24N2O5S. The number of anilines is 1. The average molecular weight is 489 g/mol. The molecule has 3 aromatic rings. The predicted molar refractivity (Wildman–Crippen MR) is 134 cm³/mol. The SMILES string of the molecule is O=C(Nc1cccc(CC(=O)N2CSCC2C(=O)O)c1)OCC1c2ccccc2-c2ccccc21. The lowest BCUT2D eigenvalue weighted by atomic mass is 9.98. The van der Waals surface area contributed by atoms with Gasteiger partial charge in [-0.3, -0.25) is 10.1 Å². The standard InChI is InChI=1S/C27H24N2O5S/c30-25(29-16-35-15-24(29)26(31)32)13-17-6-5-7-18(12-17)28-27(33)34-14-23-21-10-3-1-8-19(21)20-9-2-4-11-22(20)23/h1-12,23-24H,13-16H2,(H,28,33)(H,31,32). The number of carboxylic acids is 1. The summed E-state index contributed by atoms with van der Waals surface area (Å²) in [7, 11) is 0. The number of nitrogens with zero attached hydrogens (tertiary/aromatic N) is 1. The van der Waals surface area contributed by atoms with E-state index in [9.17, 15) is 19.5 Å². The van der Waals surface area contributed by atoms with Crippen LogP contribution in [0, 0.1) is 0 Å². The molecule has 35 heavy (non-hydrogen) atoms. The highest BCUT2D eigenvalue weighted by Gasteiger charge is 2.34. The van der Waals surface area contributed by atoms with E-state index in [1.165, 1.54) is 16.7 Å². The van der Waals surface area contributed by atoms with Crippen molar-refractivity contribution in [1.82, 2.24) is 4.90 Å². The zero-order valence-electron chi connectivity index (χ0n) is 18.8. The maximum Gasteiger partial charge on any atom is 0.411 e. The van der Waals surface area contributed by atoms with E-state index >= 15 is 0 Å². The van der Waals surface area contributed by atoms with Gasteiger partial charge in [0.1, 0.15) is 12.6 Å². The van der Waals surface area contributed by atoms with Gasteiger partial charge in [-0.1, -0.05) is 60.7 Å². The molecule has 0 spiro atoms. The molecule has 178 valence electrons. The molecule has 7 nitrogen and oxygen atoms in total. The third-order valence-electron chi connectivity index (χ3n) is 6.36. The number of hydrogen-bond donors (Lipinski definition) is 2. The number of hydrogen-bond acceptors (Lipinski definition) is 5. The first kappa shape index (κ1) is 23.0. The van der Waals surface area contributed by atoms with Crippen LogP contribution >= 0.6 is 11.8 Å². The summed E-state index contributed by atoms with van der Waals surface area (Å²) in [5.74, 6) is -0.509. The predicted octanol–water partition coefficient (Wildman–Crippen LogP) is 4.58. The number of nitrogens with one attached hydrogen (secondary N) is 1. The molecule has 2 amide bonds. The zero-order chi connectivity index (χ0) is 24.4. The van der Waals surface area contributed by atoms with Crippen molar-refractivity contribution in [3.8, 4) is 11.1 Å². The van der Waals surface area contributed by atoms with E-state index in [-0.39, 0.29) is 24.9 Å². The average Bonchev–Trinajstić information content (AvgIpc) is 3.47. The molecule has 1 aliphatic carbocycles. The van der Waals surface area contributed by atoms with Gasteiger partial charge >= 0.3 is 12.1 Å². The number of fused-ring (bicyclic) bond motifs is 3. The van der Waals surface area contributed by atoms with Crippen LogP contribution in [-0.4, -0.2) is 52.3 Å². The molecule has 0 bridgehead atoms. The number of aliphatic carboxylic acids is 1. The van der Waals surface area contributed by atoms with Gasteiger partial charge in [0, 0.05) is 17.4 Å². The van der Waals surface area contributed by atoms with Crippen LogP contribution in [0.2, 0.25) is 0 Å². The molecule has 1 heterocycles. The van der Waals surface area contributed by atoms with Gasteiger partial charge in [-0.2, -0.15) is 0 Å². The minimum absolute atomic E-state index is 0.0300. The largest absolute Gasteiger partial charge is 0.480 e. The number of thioether (sulfide) groups is 1. The Morgan fingerprint density at radius 1 is 0.971 bits per heavy atom. The van der Waals surface area contributed by atoms with Crippen molar-refractivity contribution in [3.05, 3.63) is 89.5 Å². The van der Waals surface area contributed by atoms with Crippen molar-refractivity contribution >= 4 is 35.4 Å². The molecule has 0 aromatic heterocycles. The number of carboxylic acid groups (broad SMARTS) is 1. The van der Waals surface area contributed by atoms with Gasteiger partial charge in [0.05, 0.1) is 12.3 Å². The molecule has 2 aliphatic rings. The first-order valence-corrected chi connectivity index (χ1v) is 12.5. The Balaban J connectivity index is 1.21. The highest BCUT2D eigenvalue weighted by atomic mass is 32.2. The van der Waals surface area contributed by atoms with E-state index in [2.05, 4.69) is 29.6 Å². The second kappa shape index (κ2) is 9.84. The topological polar surface area (TPSA) is 95.9 Å². The van der Waals surface area contributed by atoms with Crippen LogP contribution in [0.5, 0.6) is 0 Å². The molecule has 2 N–H and O–H groups in total. The number of benzene rings is 3. The van der Waals surface area contributed by atoms with Gasteiger partial charge in [-0.25, -0.2) is 9.59 Å². The fourth-order valence-electron chi connectivity index (χ4n) is 4.68. The van der Waals surface area contributed by atoms with Crippen molar-refractivity contribution < 1.29 is 24.2 Å². The van der Waals surface area contributed by atoms with E-state index in [0.29, 0.717) is 22.9 Å². The van der Waals surface area contributed by atoms with Crippen molar-refractivity contribution in [2.45, 2.75) is 18.4 Å². The van der Waals surface area contributed by atoms with Crippen LogP contribution in [-0.2, 0) is 20.7 Å². The smallest absolute Gasteiger partial charge is 0.411 e. The Kier molecular flexibility index (Phi) is 6.46. The van der Waals surface area contributed by atoms with Gasteiger partial charge < -0.3 is 14.7 Å². The van der Waals surface area contributed by atoms with Gasteiger partial charge in [0.2, 0.25) is 5.91 Å². The maximum atomic E-state index is 12.7. The third-order valence-corrected chi connectivity index (χ3v) is 7.37. The number of ether oxygens (including phenoxy) is 1.